The van der Waals surface area contributed by atoms with Crippen LogP contribution in [0.2, 0.25) is 0 Å². The van der Waals surface area contributed by atoms with Crippen molar-refractivity contribution in [3.63, 3.8) is 0 Å². The first kappa shape index (κ1) is 16.8. The third-order valence-electron chi connectivity index (χ3n) is 3.81. The normalized spacial score (nSPS) is 17.3. The van der Waals surface area contributed by atoms with Gasteiger partial charge in [0.2, 0.25) is 5.89 Å². The number of hydrogen-bond acceptors (Lipinski definition) is 6. The SMILES string of the molecule is FC(F)(F)c1noc(CN2CCC(OCc3ccccn3)CC2)n1. The van der Waals surface area contributed by atoms with Crippen LogP contribution in [0, 0.1) is 0 Å². The van der Waals surface area contributed by atoms with Gasteiger partial charge in [-0.1, -0.05) is 11.2 Å². The molecule has 0 radical (unpaired) electrons. The molecule has 1 saturated heterocycles. The second-order valence-corrected chi connectivity index (χ2v) is 5.62. The third-order valence-corrected chi connectivity index (χ3v) is 3.81. The lowest BCUT2D eigenvalue weighted by atomic mass is 10.1. The highest BCUT2D eigenvalue weighted by atomic mass is 19.4. The van der Waals surface area contributed by atoms with E-state index in [9.17, 15) is 13.2 Å². The van der Waals surface area contributed by atoms with Gasteiger partial charge in [0.25, 0.3) is 5.82 Å². The van der Waals surface area contributed by atoms with E-state index in [1.165, 1.54) is 0 Å². The molecule has 3 rings (SSSR count). The van der Waals surface area contributed by atoms with Gasteiger partial charge in [0.15, 0.2) is 0 Å². The Kier molecular flexibility index (Phi) is 5.10. The fraction of sp³-hybridized carbons (Fsp3) is 0.533. The van der Waals surface area contributed by atoms with Gasteiger partial charge in [0.1, 0.15) is 0 Å². The van der Waals surface area contributed by atoms with E-state index < -0.39 is 12.0 Å². The molecule has 1 fully saturated rings. The Morgan fingerprint density at radius 1 is 1.25 bits per heavy atom. The van der Waals surface area contributed by atoms with Gasteiger partial charge in [0.05, 0.1) is 24.9 Å². The summed E-state index contributed by atoms with van der Waals surface area (Å²) >= 11 is 0. The van der Waals surface area contributed by atoms with Crippen LogP contribution in [0.4, 0.5) is 13.2 Å². The zero-order chi connectivity index (χ0) is 17.0. The van der Waals surface area contributed by atoms with Crippen molar-refractivity contribution in [1.82, 2.24) is 20.0 Å². The molecule has 2 aromatic rings. The zero-order valence-corrected chi connectivity index (χ0v) is 12.9. The van der Waals surface area contributed by atoms with E-state index in [0.29, 0.717) is 19.7 Å². The van der Waals surface area contributed by atoms with E-state index in [2.05, 4.69) is 19.6 Å². The highest BCUT2D eigenvalue weighted by molar-refractivity contribution is 5.02. The highest BCUT2D eigenvalue weighted by Crippen LogP contribution is 2.26. The van der Waals surface area contributed by atoms with Crippen molar-refractivity contribution in [1.29, 1.82) is 0 Å². The van der Waals surface area contributed by atoms with E-state index in [0.717, 1.165) is 18.5 Å². The summed E-state index contributed by atoms with van der Waals surface area (Å²) in [4.78, 5) is 9.57. The molecule has 3 heterocycles. The third kappa shape index (κ3) is 4.51. The summed E-state index contributed by atoms with van der Waals surface area (Å²) in [5.41, 5.74) is 0.880. The van der Waals surface area contributed by atoms with E-state index in [1.807, 2.05) is 23.1 Å². The Morgan fingerprint density at radius 2 is 2.04 bits per heavy atom. The number of pyridine rings is 1. The number of alkyl halides is 3. The maximum absolute atomic E-state index is 12.4. The number of aromatic nitrogens is 3. The van der Waals surface area contributed by atoms with Crippen molar-refractivity contribution in [2.45, 2.75) is 38.3 Å². The van der Waals surface area contributed by atoms with Crippen LogP contribution >= 0.6 is 0 Å². The summed E-state index contributed by atoms with van der Waals surface area (Å²) in [5.74, 6) is -1.25. The molecule has 1 aliphatic rings. The Balaban J connectivity index is 1.43. The lowest BCUT2D eigenvalue weighted by molar-refractivity contribution is -0.146. The second-order valence-electron chi connectivity index (χ2n) is 5.62. The van der Waals surface area contributed by atoms with Gasteiger partial charge >= 0.3 is 6.18 Å². The average molecular weight is 342 g/mol. The molecule has 0 N–H and O–H groups in total. The first-order valence-corrected chi connectivity index (χ1v) is 7.64. The molecular formula is C15H17F3N4O2. The van der Waals surface area contributed by atoms with Crippen LogP contribution in [-0.2, 0) is 24.1 Å². The van der Waals surface area contributed by atoms with Crippen LogP contribution in [0.25, 0.3) is 0 Å². The zero-order valence-electron chi connectivity index (χ0n) is 12.9. The molecule has 2 aromatic heterocycles. The minimum Gasteiger partial charge on any atom is -0.372 e. The first-order valence-electron chi connectivity index (χ1n) is 7.64. The number of halogens is 3. The minimum atomic E-state index is -4.58. The molecular weight excluding hydrogens is 325 g/mol. The molecule has 6 nitrogen and oxygen atoms in total. The molecule has 130 valence electrons. The van der Waals surface area contributed by atoms with Gasteiger partial charge in [0, 0.05) is 19.3 Å². The van der Waals surface area contributed by atoms with Crippen LogP contribution in [0.15, 0.2) is 28.9 Å². The topological polar surface area (TPSA) is 64.3 Å². The summed E-state index contributed by atoms with van der Waals surface area (Å²) in [6.07, 6.45) is -1.13. The van der Waals surface area contributed by atoms with Crippen LogP contribution in [-0.4, -0.2) is 39.2 Å². The molecule has 0 aliphatic carbocycles. The predicted molar refractivity (Wildman–Crippen MR) is 76.6 cm³/mol. The van der Waals surface area contributed by atoms with Gasteiger partial charge in [-0.05, 0) is 25.0 Å². The summed E-state index contributed by atoms with van der Waals surface area (Å²) in [6, 6.07) is 5.67. The Bertz CT molecular complexity index is 640. The number of piperidine rings is 1. The van der Waals surface area contributed by atoms with Gasteiger partial charge in [-0.2, -0.15) is 18.2 Å². The molecule has 1 aliphatic heterocycles. The Hall–Kier alpha value is -2.00. The molecule has 0 unspecified atom stereocenters. The lowest BCUT2D eigenvalue weighted by Gasteiger charge is -2.30. The van der Waals surface area contributed by atoms with Crippen molar-refractivity contribution >= 4 is 0 Å². The standard InChI is InChI=1S/C15H17F3N4O2/c16-15(17,18)14-20-13(24-21-14)9-22-7-4-12(5-8-22)23-10-11-3-1-2-6-19-11/h1-3,6,12H,4-5,7-10H2. The first-order chi connectivity index (χ1) is 11.5. The lowest BCUT2D eigenvalue weighted by Crippen LogP contribution is -2.36. The quantitative estimate of drug-likeness (QED) is 0.832. The largest absolute Gasteiger partial charge is 0.455 e. The van der Waals surface area contributed by atoms with Crippen LogP contribution < -0.4 is 0 Å². The maximum atomic E-state index is 12.4. The molecule has 24 heavy (non-hydrogen) atoms. The van der Waals surface area contributed by atoms with Crippen molar-refractivity contribution in [3.8, 4) is 0 Å². The summed E-state index contributed by atoms with van der Waals surface area (Å²) < 4.78 is 47.8. The van der Waals surface area contributed by atoms with Gasteiger partial charge in [-0.15, -0.1) is 0 Å². The monoisotopic (exact) mass is 342 g/mol. The van der Waals surface area contributed by atoms with Crippen LogP contribution in [0.5, 0.6) is 0 Å². The Labute approximate surface area is 136 Å². The number of ether oxygens (including phenoxy) is 1. The van der Waals surface area contributed by atoms with Gasteiger partial charge in [-0.3, -0.25) is 9.88 Å². The predicted octanol–water partition coefficient (Wildman–Crippen LogP) is 2.66. The Morgan fingerprint density at radius 3 is 2.67 bits per heavy atom. The van der Waals surface area contributed by atoms with Crippen molar-refractivity contribution in [2.24, 2.45) is 0 Å². The highest BCUT2D eigenvalue weighted by Gasteiger charge is 2.37. The summed E-state index contributed by atoms with van der Waals surface area (Å²) in [5, 5.41) is 2.96. The van der Waals surface area contributed by atoms with Gasteiger partial charge in [-0.25, -0.2) is 0 Å². The number of likely N-dealkylation sites (tertiary alicyclic amines) is 1. The van der Waals surface area contributed by atoms with Crippen LogP contribution in [0.1, 0.15) is 30.3 Å². The average Bonchev–Trinajstić information content (AvgIpc) is 3.04. The minimum absolute atomic E-state index is 0.0184. The number of hydrogen-bond donors (Lipinski definition) is 0. The van der Waals surface area contributed by atoms with Gasteiger partial charge < -0.3 is 9.26 Å². The number of nitrogens with zero attached hydrogens (tertiary/aromatic N) is 4. The second kappa shape index (κ2) is 7.27. The van der Waals surface area contributed by atoms with Crippen molar-refractivity contribution < 1.29 is 22.4 Å². The van der Waals surface area contributed by atoms with E-state index in [1.54, 1.807) is 6.20 Å². The van der Waals surface area contributed by atoms with E-state index >= 15 is 0 Å². The summed E-state index contributed by atoms with van der Waals surface area (Å²) in [7, 11) is 0. The summed E-state index contributed by atoms with van der Waals surface area (Å²) in [6.45, 7) is 2.09. The molecule has 0 amide bonds. The molecule has 0 atom stereocenters. The molecule has 9 heteroatoms. The maximum Gasteiger partial charge on any atom is 0.455 e. The van der Waals surface area contributed by atoms with E-state index in [-0.39, 0.29) is 18.5 Å². The fourth-order valence-corrected chi connectivity index (χ4v) is 2.55. The van der Waals surface area contributed by atoms with Crippen molar-refractivity contribution in [2.75, 3.05) is 13.1 Å². The van der Waals surface area contributed by atoms with Crippen LogP contribution in [0.3, 0.4) is 0 Å². The van der Waals surface area contributed by atoms with E-state index in [4.69, 9.17) is 4.74 Å². The smallest absolute Gasteiger partial charge is 0.372 e. The fourth-order valence-electron chi connectivity index (χ4n) is 2.55. The molecule has 0 spiro atoms. The van der Waals surface area contributed by atoms with Crippen molar-refractivity contribution in [3.05, 3.63) is 41.8 Å². The molecule has 0 bridgehead atoms. The number of rotatable bonds is 5. The molecule has 0 saturated carbocycles. The molecule has 0 aromatic carbocycles.